The number of carbonyl (C=O) groups is 1. The molecule has 1 amide bonds. The van der Waals surface area contributed by atoms with Gasteiger partial charge in [-0.3, -0.25) is 13.9 Å². The van der Waals surface area contributed by atoms with E-state index < -0.39 is 16.3 Å². The largest absolute Gasteiger partial charge is 0.487 e. The molecule has 280 valence electrons. The Morgan fingerprint density at radius 3 is 2.49 bits per heavy atom. The van der Waals surface area contributed by atoms with Crippen LogP contribution in [0.4, 0.5) is 5.95 Å². The monoisotopic (exact) mass is 738 g/mol. The quantitative estimate of drug-likeness (QED) is 0.132. The number of para-hydroxylation sites is 1. The molecule has 3 N–H and O–H groups in total. The van der Waals surface area contributed by atoms with E-state index in [9.17, 15) is 13.9 Å². The van der Waals surface area contributed by atoms with Crippen molar-refractivity contribution in [3.8, 4) is 5.75 Å². The maximum absolute atomic E-state index is 13.9. The normalized spacial score (nSPS) is 18.6. The van der Waals surface area contributed by atoms with E-state index in [1.54, 1.807) is 34.9 Å². The molecule has 0 saturated carbocycles. The van der Waals surface area contributed by atoms with E-state index in [1.165, 1.54) is 0 Å². The Kier molecular flexibility index (Phi) is 10.2. The molecule has 5 aromatic rings. The van der Waals surface area contributed by atoms with Crippen molar-refractivity contribution in [3.05, 3.63) is 100 Å². The number of nitrogens with one attached hydrogen (secondary N) is 1. The summed E-state index contributed by atoms with van der Waals surface area (Å²) in [5, 5.41) is 12.3. The van der Waals surface area contributed by atoms with Crippen LogP contribution in [0.5, 0.6) is 5.75 Å². The number of nitrogens with zero attached hydrogens (tertiary/aromatic N) is 7. The third-order valence-electron chi connectivity index (χ3n) is 10.8. The third-order valence-corrected chi connectivity index (χ3v) is 12.7. The van der Waals surface area contributed by atoms with E-state index >= 15 is 0 Å². The number of ether oxygens (including phenoxy) is 1. The molecular formula is C40H50N8O4S. The Morgan fingerprint density at radius 2 is 1.77 bits per heavy atom. The van der Waals surface area contributed by atoms with Crippen LogP contribution in [-0.2, 0) is 13.1 Å². The highest BCUT2D eigenvalue weighted by Crippen LogP contribution is 2.57. The van der Waals surface area contributed by atoms with Gasteiger partial charge < -0.3 is 15.0 Å². The summed E-state index contributed by atoms with van der Waals surface area (Å²) in [5.74, 6) is 0.558. The minimum absolute atomic E-state index is 0.213. The Bertz CT molecular complexity index is 2110. The number of benzene rings is 3. The SMILES string of the molecule is CC[C@@H]1CN(Cc2cc([C@@H](c3ccc4c(nnn4CC)c3C)C(C)(C)NC(=O)c3cnc(N4CCCC4)nc3)ccc2C)S(O)(O)c2ccccc2O1. The van der Waals surface area contributed by atoms with Crippen LogP contribution in [0.25, 0.3) is 11.0 Å². The van der Waals surface area contributed by atoms with Crippen molar-refractivity contribution in [3.63, 3.8) is 0 Å². The first-order valence-corrected chi connectivity index (χ1v) is 20.0. The smallest absolute Gasteiger partial charge is 0.254 e. The van der Waals surface area contributed by atoms with Crippen molar-refractivity contribution in [2.24, 2.45) is 0 Å². The molecule has 0 bridgehead atoms. The number of hydrogen-bond acceptors (Lipinski definition) is 10. The molecule has 1 saturated heterocycles. The molecule has 12 nitrogen and oxygen atoms in total. The standard InChI is InChI=1S/C40H50N8O4S/c1-7-31-25-47(53(50,51)35-14-10-9-13-34(35)52-31)24-29-21-28(16-15-26(29)3)36(32-17-18-33-37(27(32)4)44-45-48(33)8-2)40(5,6)43-38(49)30-22-41-39(42-23-30)46-19-11-12-20-46/h9-10,13-18,21-23,31,36,50-51H,7-8,11-12,19-20,24-25H2,1-6H3,(H,43,49)/t31-,36+/m1/s1. The summed E-state index contributed by atoms with van der Waals surface area (Å²) < 4.78 is 33.4. The van der Waals surface area contributed by atoms with Gasteiger partial charge in [-0.05, 0) is 99.9 Å². The molecule has 53 heavy (non-hydrogen) atoms. The number of carbonyl (C=O) groups excluding carboxylic acids is 1. The fraction of sp³-hybridized carbons (Fsp3) is 0.425. The Balaban J connectivity index is 1.27. The lowest BCUT2D eigenvalue weighted by Crippen LogP contribution is -2.48. The van der Waals surface area contributed by atoms with Crippen LogP contribution >= 0.6 is 10.8 Å². The van der Waals surface area contributed by atoms with Crippen LogP contribution in [0.1, 0.15) is 91.1 Å². The molecule has 2 aliphatic heterocycles. The highest BCUT2D eigenvalue weighted by atomic mass is 32.3. The average molecular weight is 739 g/mol. The molecule has 0 unspecified atom stereocenters. The highest BCUT2D eigenvalue weighted by Gasteiger charge is 2.38. The maximum Gasteiger partial charge on any atom is 0.254 e. The molecule has 2 atom stereocenters. The van der Waals surface area contributed by atoms with E-state index in [2.05, 4.69) is 67.8 Å². The van der Waals surface area contributed by atoms with Crippen LogP contribution in [0, 0.1) is 13.8 Å². The molecule has 1 fully saturated rings. The van der Waals surface area contributed by atoms with Gasteiger partial charge in [0.25, 0.3) is 5.91 Å². The zero-order valence-corrected chi connectivity index (χ0v) is 32.2. The topological polar surface area (TPSA) is 142 Å². The van der Waals surface area contributed by atoms with Crippen LogP contribution in [0.3, 0.4) is 0 Å². The van der Waals surface area contributed by atoms with Crippen molar-refractivity contribution < 1.29 is 18.6 Å². The average Bonchev–Trinajstić information content (AvgIpc) is 3.82. The molecule has 3 aromatic carbocycles. The van der Waals surface area contributed by atoms with E-state index in [0.29, 0.717) is 48.2 Å². The van der Waals surface area contributed by atoms with Gasteiger partial charge in [0, 0.05) is 50.0 Å². The molecule has 0 spiro atoms. The molecular weight excluding hydrogens is 689 g/mol. The number of hydrogen-bond donors (Lipinski definition) is 3. The molecule has 4 heterocycles. The highest BCUT2D eigenvalue weighted by molar-refractivity contribution is 8.22. The van der Waals surface area contributed by atoms with E-state index in [4.69, 9.17) is 4.74 Å². The Labute approximate surface area is 313 Å². The summed E-state index contributed by atoms with van der Waals surface area (Å²) in [6, 6.07) is 17.7. The van der Waals surface area contributed by atoms with Gasteiger partial charge in [-0.25, -0.2) is 14.6 Å². The predicted molar refractivity (Wildman–Crippen MR) is 209 cm³/mol. The van der Waals surface area contributed by atoms with Crippen molar-refractivity contribution >= 4 is 33.7 Å². The summed E-state index contributed by atoms with van der Waals surface area (Å²) in [4.78, 5) is 25.6. The van der Waals surface area contributed by atoms with Gasteiger partial charge in [0.15, 0.2) is 0 Å². The number of anilines is 1. The first kappa shape index (κ1) is 36.8. The lowest BCUT2D eigenvalue weighted by molar-refractivity contribution is 0.0905. The summed E-state index contributed by atoms with van der Waals surface area (Å²) in [6.07, 6.45) is 5.95. The van der Waals surface area contributed by atoms with Gasteiger partial charge in [0.2, 0.25) is 5.95 Å². The minimum atomic E-state index is -3.36. The van der Waals surface area contributed by atoms with E-state index in [-0.39, 0.29) is 17.9 Å². The summed E-state index contributed by atoms with van der Waals surface area (Å²) in [6.45, 7) is 15.4. The zero-order valence-electron chi connectivity index (χ0n) is 31.4. The Morgan fingerprint density at radius 1 is 1.04 bits per heavy atom. The zero-order chi connectivity index (χ0) is 37.5. The van der Waals surface area contributed by atoms with Crippen LogP contribution in [0.15, 0.2) is 71.9 Å². The molecule has 0 radical (unpaired) electrons. The van der Waals surface area contributed by atoms with Gasteiger partial charge in [-0.1, -0.05) is 48.5 Å². The molecule has 7 rings (SSSR count). The van der Waals surface area contributed by atoms with E-state index in [0.717, 1.165) is 64.8 Å². The molecule has 13 heteroatoms. The van der Waals surface area contributed by atoms with Gasteiger partial charge in [0.05, 0.1) is 17.6 Å². The lowest BCUT2D eigenvalue weighted by atomic mass is 9.74. The number of aryl methyl sites for hydroxylation is 3. The fourth-order valence-corrected chi connectivity index (χ4v) is 9.35. The fourth-order valence-electron chi connectivity index (χ4n) is 7.73. The van der Waals surface area contributed by atoms with Crippen LogP contribution in [-0.4, -0.2) is 75.6 Å². The van der Waals surface area contributed by atoms with Gasteiger partial charge in [-0.15, -0.1) is 15.9 Å². The number of rotatable bonds is 10. The third kappa shape index (κ3) is 7.10. The van der Waals surface area contributed by atoms with Gasteiger partial charge in [0.1, 0.15) is 22.3 Å². The van der Waals surface area contributed by atoms with Crippen LogP contribution in [0.2, 0.25) is 0 Å². The molecule has 2 aromatic heterocycles. The number of fused-ring (bicyclic) bond motifs is 2. The van der Waals surface area contributed by atoms with Gasteiger partial charge in [-0.2, -0.15) is 4.31 Å². The second kappa shape index (κ2) is 14.7. The first-order chi connectivity index (χ1) is 25.4. The second-order valence-electron chi connectivity index (χ2n) is 14.7. The van der Waals surface area contributed by atoms with Crippen molar-refractivity contribution in [2.45, 2.75) is 96.4 Å². The number of aromatic nitrogens is 5. The van der Waals surface area contributed by atoms with Crippen molar-refractivity contribution in [1.82, 2.24) is 34.6 Å². The predicted octanol–water partition coefficient (Wildman–Crippen LogP) is 7.50. The summed E-state index contributed by atoms with van der Waals surface area (Å²) in [5.41, 5.74) is 6.27. The second-order valence-corrected chi connectivity index (χ2v) is 16.7. The van der Waals surface area contributed by atoms with Crippen LogP contribution < -0.4 is 15.0 Å². The summed E-state index contributed by atoms with van der Waals surface area (Å²) >= 11 is 0. The minimum Gasteiger partial charge on any atom is -0.487 e. The molecule has 2 aliphatic rings. The van der Waals surface area contributed by atoms with E-state index in [1.807, 2.05) is 45.4 Å². The maximum atomic E-state index is 13.9. The first-order valence-electron chi connectivity index (χ1n) is 18.5. The molecule has 0 aliphatic carbocycles. The van der Waals surface area contributed by atoms with Crippen molar-refractivity contribution in [1.29, 1.82) is 0 Å². The Hall–Kier alpha value is -4.56. The van der Waals surface area contributed by atoms with Crippen molar-refractivity contribution in [2.75, 3.05) is 24.5 Å². The summed E-state index contributed by atoms with van der Waals surface area (Å²) in [7, 11) is -3.36. The van der Waals surface area contributed by atoms with Gasteiger partial charge >= 0.3 is 0 Å². The lowest BCUT2D eigenvalue weighted by Gasteiger charge is -2.42. The number of amides is 1.